The van der Waals surface area contributed by atoms with Crippen LogP contribution in [0.3, 0.4) is 0 Å². The van der Waals surface area contributed by atoms with Gasteiger partial charge < -0.3 is 20.6 Å². The Hall–Kier alpha value is -5.07. The third kappa shape index (κ3) is 7.87. The molecular weight excluding hydrogens is 708 g/mol. The third-order valence-electron chi connectivity index (χ3n) is 7.88. The van der Waals surface area contributed by atoms with E-state index in [1.807, 2.05) is 48.7 Å². The number of fused-ring (bicyclic) bond motifs is 2. The van der Waals surface area contributed by atoms with E-state index in [4.69, 9.17) is 23.2 Å². The maximum atomic E-state index is 12.7. The van der Waals surface area contributed by atoms with Gasteiger partial charge in [-0.25, -0.2) is 19.9 Å². The van der Waals surface area contributed by atoms with Crippen molar-refractivity contribution >= 4 is 84.0 Å². The van der Waals surface area contributed by atoms with Crippen molar-refractivity contribution in [3.8, 4) is 0 Å². The van der Waals surface area contributed by atoms with Crippen molar-refractivity contribution < 1.29 is 4.79 Å². The van der Waals surface area contributed by atoms with E-state index in [1.54, 1.807) is 36.1 Å². The first kappa shape index (κ1) is 33.4. The molecule has 0 aliphatic heterocycles. The fourth-order valence-corrected chi connectivity index (χ4v) is 7.33. The van der Waals surface area contributed by atoms with Gasteiger partial charge in [-0.3, -0.25) is 4.79 Å². The molecule has 8 rings (SSSR count). The van der Waals surface area contributed by atoms with Crippen LogP contribution in [0.15, 0.2) is 104 Å². The summed E-state index contributed by atoms with van der Waals surface area (Å²) in [6.07, 6.45) is 9.52. The highest BCUT2D eigenvalue weighted by Crippen LogP contribution is 2.31. The second kappa shape index (κ2) is 15.2. The van der Waals surface area contributed by atoms with Crippen LogP contribution in [0.4, 0.5) is 10.3 Å². The van der Waals surface area contributed by atoms with Crippen LogP contribution in [0.2, 0.25) is 10.2 Å². The van der Waals surface area contributed by atoms with Gasteiger partial charge in [0.15, 0.2) is 10.3 Å². The molecule has 9 nitrogen and oxygen atoms in total. The third-order valence-corrected chi connectivity index (χ3v) is 10.5. The largest absolute Gasteiger partial charge is 0.357 e. The number of thiazole rings is 2. The smallest absolute Gasteiger partial charge is 0.206 e. The van der Waals surface area contributed by atoms with Crippen LogP contribution >= 0.6 is 45.9 Å². The molecule has 50 heavy (non-hydrogen) atoms. The fraction of sp³-hybridized carbons (Fsp3) is 0.108. The highest BCUT2D eigenvalue weighted by atomic mass is 35.5. The Morgan fingerprint density at radius 1 is 0.760 bits per heavy atom. The number of nitrogens with one attached hydrogen (secondary N) is 4. The van der Waals surface area contributed by atoms with E-state index in [0.717, 1.165) is 45.0 Å². The number of anilines is 2. The number of aromatic nitrogens is 6. The molecule has 0 saturated heterocycles. The minimum atomic E-state index is -0.0590. The number of pyridine rings is 2. The van der Waals surface area contributed by atoms with E-state index in [2.05, 4.69) is 77.8 Å². The zero-order valence-corrected chi connectivity index (χ0v) is 29.9. The Kier molecular flexibility index (Phi) is 10.2. The second-order valence-electron chi connectivity index (χ2n) is 11.4. The fourth-order valence-electron chi connectivity index (χ4n) is 5.25. The summed E-state index contributed by atoms with van der Waals surface area (Å²) in [5.74, 6) is -0.0590. The molecule has 0 aliphatic rings. The van der Waals surface area contributed by atoms with Crippen molar-refractivity contribution in [2.75, 3.05) is 10.6 Å². The molecule has 0 fully saturated rings. The van der Waals surface area contributed by atoms with Gasteiger partial charge in [0, 0.05) is 60.1 Å². The number of carbonyl (C=O) groups excluding carboxylic acids is 1. The van der Waals surface area contributed by atoms with Crippen molar-refractivity contribution in [3.63, 3.8) is 0 Å². The molecule has 6 heterocycles. The molecule has 0 saturated carbocycles. The molecule has 0 atom stereocenters. The summed E-state index contributed by atoms with van der Waals surface area (Å²) in [6, 6.07) is 23.8. The summed E-state index contributed by atoms with van der Waals surface area (Å²) in [6.45, 7) is 3.44. The Morgan fingerprint density at radius 3 is 2.14 bits per heavy atom. The summed E-state index contributed by atoms with van der Waals surface area (Å²) in [5, 5.41) is 11.4. The first-order valence-electron chi connectivity index (χ1n) is 15.7. The first-order valence-corrected chi connectivity index (χ1v) is 18.0. The van der Waals surface area contributed by atoms with Crippen LogP contribution in [0, 0.1) is 6.92 Å². The van der Waals surface area contributed by atoms with Crippen molar-refractivity contribution in [2.24, 2.45) is 0 Å². The molecule has 250 valence electrons. The van der Waals surface area contributed by atoms with E-state index in [1.165, 1.54) is 28.0 Å². The first-order chi connectivity index (χ1) is 24.4. The van der Waals surface area contributed by atoms with Gasteiger partial charge in [0.2, 0.25) is 5.78 Å². The average molecular weight is 738 g/mol. The molecule has 8 aromatic rings. The number of hydrogen-bond donors (Lipinski definition) is 4. The number of H-pyrrole nitrogens is 2. The van der Waals surface area contributed by atoms with Crippen LogP contribution in [0.1, 0.15) is 42.4 Å². The Labute approximate surface area is 305 Å². The lowest BCUT2D eigenvalue weighted by molar-refractivity contribution is 0.104. The summed E-state index contributed by atoms with van der Waals surface area (Å²) in [5.41, 5.74) is 6.97. The van der Waals surface area contributed by atoms with Gasteiger partial charge in [-0.05, 0) is 60.0 Å². The molecule has 0 bridgehead atoms. The SMILES string of the molecule is Cc1ccc(CNc2nc(Cl)c(Cc3c[nH]c4ncccc34)s2)cc1.O=C(c1cnc(NCc2ccc(Cl)cc2)s1)c1c[nH]c2ncccc12. The van der Waals surface area contributed by atoms with Gasteiger partial charge in [0.25, 0.3) is 0 Å². The van der Waals surface area contributed by atoms with E-state index in [9.17, 15) is 4.79 Å². The molecule has 4 N–H and O–H groups in total. The number of ketones is 1. The van der Waals surface area contributed by atoms with Crippen LogP contribution in [0.25, 0.3) is 22.1 Å². The van der Waals surface area contributed by atoms with E-state index in [0.29, 0.717) is 37.9 Å². The highest BCUT2D eigenvalue weighted by molar-refractivity contribution is 7.17. The molecule has 0 unspecified atom stereocenters. The van der Waals surface area contributed by atoms with Gasteiger partial charge in [0.05, 0.1) is 21.5 Å². The zero-order valence-electron chi connectivity index (χ0n) is 26.7. The van der Waals surface area contributed by atoms with E-state index < -0.39 is 0 Å². The normalized spacial score (nSPS) is 11.0. The van der Waals surface area contributed by atoms with Gasteiger partial charge in [-0.1, -0.05) is 76.5 Å². The van der Waals surface area contributed by atoms with Crippen LogP contribution in [-0.4, -0.2) is 35.7 Å². The predicted molar refractivity (Wildman–Crippen MR) is 205 cm³/mol. The topological polar surface area (TPSA) is 124 Å². The van der Waals surface area contributed by atoms with Crippen LogP contribution in [-0.2, 0) is 19.5 Å². The summed E-state index contributed by atoms with van der Waals surface area (Å²) in [4.78, 5) is 37.9. The van der Waals surface area contributed by atoms with Crippen molar-refractivity contribution in [1.82, 2.24) is 29.9 Å². The average Bonchev–Trinajstić information content (AvgIpc) is 3.95. The molecular formula is C37H30Cl2N8OS2. The lowest BCUT2D eigenvalue weighted by atomic mass is 10.1. The van der Waals surface area contributed by atoms with Gasteiger partial charge >= 0.3 is 0 Å². The molecule has 0 aliphatic carbocycles. The lowest BCUT2D eigenvalue weighted by Gasteiger charge is -2.03. The number of hydrogen-bond acceptors (Lipinski definition) is 9. The minimum absolute atomic E-state index is 0.0590. The molecule has 13 heteroatoms. The van der Waals surface area contributed by atoms with Gasteiger partial charge in [0.1, 0.15) is 16.4 Å². The van der Waals surface area contributed by atoms with E-state index in [-0.39, 0.29) is 5.78 Å². The second-order valence-corrected chi connectivity index (χ2v) is 14.3. The maximum Gasteiger partial charge on any atom is 0.206 e. The number of aryl methyl sites for hydroxylation is 1. The highest BCUT2D eigenvalue weighted by Gasteiger charge is 2.17. The summed E-state index contributed by atoms with van der Waals surface area (Å²) >= 11 is 15.2. The van der Waals surface area contributed by atoms with Crippen molar-refractivity contribution in [3.05, 3.63) is 152 Å². The zero-order chi connectivity index (χ0) is 34.5. The Morgan fingerprint density at radius 2 is 1.40 bits per heavy atom. The maximum absolute atomic E-state index is 12.7. The number of nitrogens with zero attached hydrogens (tertiary/aromatic N) is 4. The van der Waals surface area contributed by atoms with Crippen LogP contribution in [0.5, 0.6) is 0 Å². The number of carbonyl (C=O) groups is 1. The molecule has 0 amide bonds. The standard InChI is InChI=1S/C19H17ClN4S.C18H13ClN4OS/c1-12-4-6-13(7-5-12)10-23-19-24-17(20)16(25-19)9-14-11-22-18-15(14)3-2-8-21-18;19-12-5-3-11(4-6-12)8-22-18-23-10-15(25-18)16(24)14-9-21-17-13(14)2-1-7-20-17/h2-8,11H,9-10H2,1H3,(H,21,22)(H,23,24);1-7,9-10H,8H2,(H,20,21)(H,22,23). The number of halogens is 2. The van der Waals surface area contributed by atoms with Gasteiger partial charge in [-0.2, -0.15) is 0 Å². The quantitative estimate of drug-likeness (QED) is 0.103. The summed E-state index contributed by atoms with van der Waals surface area (Å²) < 4.78 is 0. The predicted octanol–water partition coefficient (Wildman–Crippen LogP) is 9.70. The molecule has 6 aromatic heterocycles. The number of aromatic amines is 2. The molecule has 0 spiro atoms. The van der Waals surface area contributed by atoms with Crippen molar-refractivity contribution in [2.45, 2.75) is 26.4 Å². The molecule has 0 radical (unpaired) electrons. The van der Waals surface area contributed by atoms with Crippen LogP contribution < -0.4 is 10.6 Å². The number of rotatable bonds is 10. The summed E-state index contributed by atoms with van der Waals surface area (Å²) in [7, 11) is 0. The van der Waals surface area contributed by atoms with Gasteiger partial charge in [-0.15, -0.1) is 11.3 Å². The number of benzene rings is 2. The Bertz CT molecular complexity index is 2380. The lowest BCUT2D eigenvalue weighted by Crippen LogP contribution is -1.98. The van der Waals surface area contributed by atoms with E-state index >= 15 is 0 Å². The Balaban J connectivity index is 0.000000157. The monoisotopic (exact) mass is 736 g/mol. The van der Waals surface area contributed by atoms with Crippen molar-refractivity contribution in [1.29, 1.82) is 0 Å². The molecule has 2 aromatic carbocycles. The minimum Gasteiger partial charge on any atom is -0.357 e.